The summed E-state index contributed by atoms with van der Waals surface area (Å²) < 4.78 is 19.1. The molecule has 0 amide bonds. The van der Waals surface area contributed by atoms with E-state index < -0.39 is 8.80 Å². The first-order valence-electron chi connectivity index (χ1n) is 12.3. The molecule has 0 atom stereocenters. The number of hydrogen-bond acceptors (Lipinski definition) is 6. The molecule has 2 heterocycles. The van der Waals surface area contributed by atoms with E-state index in [9.17, 15) is 0 Å². The maximum Gasteiger partial charge on any atom is 0.547 e. The number of nitrogens with zero attached hydrogens (tertiary/aromatic N) is 2. The molecular weight excluding hydrogens is 517 g/mol. The van der Waals surface area contributed by atoms with Crippen LogP contribution in [0.5, 0.6) is 0 Å². The van der Waals surface area contributed by atoms with E-state index in [0.29, 0.717) is 25.5 Å². The third-order valence-electron chi connectivity index (χ3n) is 5.42. The van der Waals surface area contributed by atoms with E-state index >= 15 is 0 Å². The predicted molar refractivity (Wildman–Crippen MR) is 158 cm³/mol. The first-order chi connectivity index (χ1) is 18.1. The average molecular weight is 547 g/mol. The van der Waals surface area contributed by atoms with E-state index in [1.165, 1.54) is 11.3 Å². The van der Waals surface area contributed by atoms with Crippen molar-refractivity contribution in [3.8, 4) is 0 Å². The molecule has 0 spiro atoms. The number of benzene rings is 2. The topological polar surface area (TPSA) is 35.3 Å². The van der Waals surface area contributed by atoms with Gasteiger partial charge in [-0.05, 0) is 69.3 Å². The van der Waals surface area contributed by atoms with Crippen LogP contribution in [0.1, 0.15) is 30.5 Å². The Morgan fingerprint density at radius 1 is 0.784 bits per heavy atom. The van der Waals surface area contributed by atoms with Crippen LogP contribution in [0.25, 0.3) is 16.6 Å². The van der Waals surface area contributed by atoms with Crippen molar-refractivity contribution in [2.75, 3.05) is 24.7 Å². The molecule has 0 aliphatic carbocycles. The van der Waals surface area contributed by atoms with Crippen LogP contribution < -0.4 is 9.40 Å². The second kappa shape index (κ2) is 13.0. The first kappa shape index (κ1) is 27.0. The Balaban J connectivity index is 1.67. The van der Waals surface area contributed by atoms with Gasteiger partial charge in [-0.2, -0.15) is 0 Å². The Kier molecular flexibility index (Phi) is 9.47. The van der Waals surface area contributed by atoms with Crippen LogP contribution in [0.4, 0.5) is 16.4 Å². The molecule has 5 nitrogen and oxygen atoms in total. The van der Waals surface area contributed by atoms with Crippen LogP contribution in [0.2, 0.25) is 0 Å². The van der Waals surface area contributed by atoms with E-state index in [-0.39, 0.29) is 0 Å². The lowest BCUT2D eigenvalue weighted by molar-refractivity contribution is 0.0866. The lowest BCUT2D eigenvalue weighted by Crippen LogP contribution is -2.55. The minimum Gasteiger partial charge on any atom is -0.370 e. The summed E-state index contributed by atoms with van der Waals surface area (Å²) in [5.74, 6) is 0. The zero-order valence-corrected chi connectivity index (χ0v) is 23.9. The Bertz CT molecular complexity index is 1290. The fourth-order valence-electron chi connectivity index (χ4n) is 3.94. The number of hydrogen-bond donors (Lipinski definition) is 0. The summed E-state index contributed by atoms with van der Waals surface area (Å²) in [4.78, 5) is 7.98. The minimum absolute atomic E-state index is 0.502. The molecule has 0 radical (unpaired) electrons. The Hall–Kier alpha value is -3.03. The molecule has 2 aromatic carbocycles. The van der Waals surface area contributed by atoms with Crippen molar-refractivity contribution in [2.45, 2.75) is 20.8 Å². The van der Waals surface area contributed by atoms with Crippen LogP contribution >= 0.6 is 22.7 Å². The number of rotatable bonds is 12. The van der Waals surface area contributed by atoms with Gasteiger partial charge in [0, 0.05) is 40.9 Å². The maximum atomic E-state index is 7.89. The third-order valence-corrected chi connectivity index (χ3v) is 11.2. The van der Waals surface area contributed by atoms with Gasteiger partial charge in [0.2, 0.25) is 5.70 Å². The molecule has 0 N–H and O–H groups in total. The summed E-state index contributed by atoms with van der Waals surface area (Å²) in [6.45, 7) is 15.2. The smallest absolute Gasteiger partial charge is 0.370 e. The molecule has 0 bridgehead atoms. The molecular formula is C29H30N2O3S2Si. The van der Waals surface area contributed by atoms with Gasteiger partial charge in [-0.15, -0.1) is 22.7 Å². The highest BCUT2D eigenvalue weighted by molar-refractivity contribution is 7.25. The fourth-order valence-corrected chi connectivity index (χ4v) is 9.11. The van der Waals surface area contributed by atoms with Gasteiger partial charge in [0.05, 0.1) is 11.1 Å². The second-order valence-electron chi connectivity index (χ2n) is 7.84. The van der Waals surface area contributed by atoms with Crippen molar-refractivity contribution in [1.29, 1.82) is 0 Å². The molecule has 4 aromatic rings. The summed E-state index contributed by atoms with van der Waals surface area (Å²) in [6.07, 6.45) is 1.95. The highest BCUT2D eigenvalue weighted by Gasteiger charge is 2.44. The summed E-state index contributed by atoms with van der Waals surface area (Å²) in [5.41, 5.74) is 2.76. The van der Waals surface area contributed by atoms with Crippen molar-refractivity contribution < 1.29 is 13.3 Å². The highest BCUT2D eigenvalue weighted by Crippen LogP contribution is 2.39. The van der Waals surface area contributed by atoms with Gasteiger partial charge in [0.15, 0.2) is 0 Å². The standard InChI is InChI=1S/C29H30N2O3S2Si/c1-5-32-37(33-6-2,34-7-3)29-21-19-27(36-29)26(30-4)22-25-18-20-28(35-25)31(23-14-10-8-11-15-23)24-16-12-9-13-17-24/h8-22H,5-7H2,1-3H3/b26-22-. The monoisotopic (exact) mass is 546 g/mol. The van der Waals surface area contributed by atoms with E-state index in [0.717, 1.165) is 30.6 Å². The summed E-state index contributed by atoms with van der Waals surface area (Å²) in [6, 6.07) is 28.8. The van der Waals surface area contributed by atoms with E-state index in [2.05, 4.69) is 46.1 Å². The molecule has 0 fully saturated rings. The van der Waals surface area contributed by atoms with Crippen LogP contribution in [0.15, 0.2) is 84.9 Å². The second-order valence-corrected chi connectivity index (χ2v) is 12.9. The highest BCUT2D eigenvalue weighted by atomic mass is 32.1. The largest absolute Gasteiger partial charge is 0.547 e. The van der Waals surface area contributed by atoms with Crippen LogP contribution in [0.3, 0.4) is 0 Å². The van der Waals surface area contributed by atoms with Crippen LogP contribution in [0, 0.1) is 6.57 Å². The Morgan fingerprint density at radius 2 is 1.35 bits per heavy atom. The Morgan fingerprint density at radius 3 is 1.86 bits per heavy atom. The summed E-state index contributed by atoms with van der Waals surface area (Å²) in [5, 5.41) is 1.08. The maximum absolute atomic E-state index is 7.89. The first-order valence-corrected chi connectivity index (χ1v) is 15.6. The quantitative estimate of drug-likeness (QED) is 0.133. The molecule has 0 saturated carbocycles. The molecule has 4 rings (SSSR count). The lowest BCUT2D eigenvalue weighted by Gasteiger charge is -2.27. The van der Waals surface area contributed by atoms with E-state index in [1.54, 1.807) is 11.3 Å². The van der Waals surface area contributed by atoms with E-state index in [4.69, 9.17) is 19.9 Å². The van der Waals surface area contributed by atoms with Crippen LogP contribution in [-0.2, 0) is 13.3 Å². The van der Waals surface area contributed by atoms with E-state index in [1.807, 2.05) is 75.4 Å². The van der Waals surface area contributed by atoms with Crippen molar-refractivity contribution in [3.63, 3.8) is 0 Å². The van der Waals surface area contributed by atoms with Crippen molar-refractivity contribution in [3.05, 3.63) is 106 Å². The molecule has 2 aromatic heterocycles. The van der Waals surface area contributed by atoms with Gasteiger partial charge in [-0.3, -0.25) is 0 Å². The number of thiophene rings is 2. The molecule has 190 valence electrons. The van der Waals surface area contributed by atoms with Crippen molar-refractivity contribution in [1.82, 2.24) is 0 Å². The van der Waals surface area contributed by atoms with Crippen molar-refractivity contribution in [2.24, 2.45) is 0 Å². The number of para-hydroxylation sites is 2. The van der Waals surface area contributed by atoms with Gasteiger partial charge in [-0.25, -0.2) is 4.85 Å². The number of anilines is 3. The normalized spacial score (nSPS) is 11.9. The lowest BCUT2D eigenvalue weighted by atomic mass is 10.2. The van der Waals surface area contributed by atoms with Crippen LogP contribution in [-0.4, -0.2) is 28.6 Å². The van der Waals surface area contributed by atoms with Gasteiger partial charge in [0.1, 0.15) is 5.00 Å². The predicted octanol–water partition coefficient (Wildman–Crippen LogP) is 7.95. The summed E-state index contributed by atoms with van der Waals surface area (Å²) in [7, 11) is -3.00. The minimum atomic E-state index is -3.00. The molecule has 0 saturated heterocycles. The summed E-state index contributed by atoms with van der Waals surface area (Å²) >= 11 is 3.17. The molecule has 0 aliphatic rings. The van der Waals surface area contributed by atoms with Gasteiger partial charge in [-0.1, -0.05) is 42.5 Å². The molecule has 37 heavy (non-hydrogen) atoms. The molecule has 0 unspecified atom stereocenters. The molecule has 8 heteroatoms. The van der Waals surface area contributed by atoms with Gasteiger partial charge < -0.3 is 18.2 Å². The van der Waals surface area contributed by atoms with Gasteiger partial charge >= 0.3 is 8.80 Å². The molecule has 0 aliphatic heterocycles. The third kappa shape index (κ3) is 6.28. The zero-order chi connectivity index (χ0) is 26.1. The average Bonchev–Trinajstić information content (AvgIpc) is 3.60. The van der Waals surface area contributed by atoms with Gasteiger partial charge in [0.25, 0.3) is 0 Å². The fraction of sp³-hybridized carbons (Fsp3) is 0.207. The SMILES string of the molecule is [C-]#[N+]/C(=C\c1ccc(N(c2ccccc2)c2ccccc2)s1)c1ccc([Si](OCC)(OCC)OCC)s1. The van der Waals surface area contributed by atoms with Crippen molar-refractivity contribution >= 4 is 64.1 Å². The Labute approximate surface area is 228 Å². The zero-order valence-electron chi connectivity index (χ0n) is 21.2.